The average molecular weight is 322 g/mol. The summed E-state index contributed by atoms with van der Waals surface area (Å²) < 4.78 is 1.03. The van der Waals surface area contributed by atoms with Crippen LogP contribution in [0, 0.1) is 11.8 Å². The van der Waals surface area contributed by atoms with Crippen LogP contribution in [0.5, 0.6) is 0 Å². The molecule has 3 nitrogen and oxygen atoms in total. The first kappa shape index (κ1) is 14.1. The predicted octanol–water partition coefficient (Wildman–Crippen LogP) is 4.28. The first-order valence-corrected chi connectivity index (χ1v) is 7.36. The van der Waals surface area contributed by atoms with E-state index < -0.39 is 0 Å². The van der Waals surface area contributed by atoms with Crippen LogP contribution in [-0.2, 0) is 0 Å². The summed E-state index contributed by atoms with van der Waals surface area (Å²) in [5.74, 6) is 1.24. The van der Waals surface area contributed by atoms with Gasteiger partial charge in [-0.3, -0.25) is 4.98 Å². The second kappa shape index (κ2) is 5.78. The molecule has 0 aliphatic rings. The summed E-state index contributed by atoms with van der Waals surface area (Å²) in [6.45, 7) is 7.62. The van der Waals surface area contributed by atoms with Crippen molar-refractivity contribution in [1.29, 1.82) is 0 Å². The maximum Gasteiger partial charge on any atom is 0.0743 e. The number of nitrogens with one attached hydrogen (secondary N) is 1. The van der Waals surface area contributed by atoms with Gasteiger partial charge in [-0.1, -0.05) is 36.7 Å². The fourth-order valence-electron chi connectivity index (χ4n) is 1.88. The van der Waals surface area contributed by atoms with Gasteiger partial charge >= 0.3 is 0 Å². The van der Waals surface area contributed by atoms with Crippen LogP contribution in [-0.4, -0.2) is 11.5 Å². The third kappa shape index (κ3) is 3.18. The zero-order valence-corrected chi connectivity index (χ0v) is 13.2. The highest BCUT2D eigenvalue weighted by molar-refractivity contribution is 9.10. The van der Waals surface area contributed by atoms with Gasteiger partial charge < -0.3 is 11.1 Å². The molecule has 2 aromatic rings. The molecule has 1 heterocycles. The maximum absolute atomic E-state index is 6.06. The monoisotopic (exact) mass is 321 g/mol. The number of aromatic nitrogens is 1. The van der Waals surface area contributed by atoms with Gasteiger partial charge in [0.1, 0.15) is 0 Å². The van der Waals surface area contributed by atoms with Crippen molar-refractivity contribution in [3.63, 3.8) is 0 Å². The Bertz CT molecular complexity index is 576. The largest absolute Gasteiger partial charge is 0.396 e. The molecule has 0 aliphatic heterocycles. The number of nitrogens with two attached hydrogens (primary N) is 1. The van der Waals surface area contributed by atoms with Gasteiger partial charge in [0.25, 0.3) is 0 Å². The van der Waals surface area contributed by atoms with Crippen molar-refractivity contribution < 1.29 is 0 Å². The Morgan fingerprint density at radius 3 is 2.74 bits per heavy atom. The Balaban J connectivity index is 2.35. The molecule has 0 spiro atoms. The van der Waals surface area contributed by atoms with Crippen LogP contribution < -0.4 is 11.1 Å². The fourth-order valence-corrected chi connectivity index (χ4v) is 2.24. The van der Waals surface area contributed by atoms with Crippen molar-refractivity contribution >= 4 is 38.2 Å². The van der Waals surface area contributed by atoms with E-state index in [-0.39, 0.29) is 0 Å². The molecule has 19 heavy (non-hydrogen) atoms. The molecule has 0 radical (unpaired) electrons. The van der Waals surface area contributed by atoms with Gasteiger partial charge in [-0.15, -0.1) is 0 Å². The van der Waals surface area contributed by atoms with Crippen LogP contribution in [0.15, 0.2) is 28.9 Å². The summed E-state index contributed by atoms with van der Waals surface area (Å²) in [6, 6.07) is 6.04. The van der Waals surface area contributed by atoms with Gasteiger partial charge in [0.2, 0.25) is 0 Å². The summed E-state index contributed by atoms with van der Waals surface area (Å²) in [6.07, 6.45) is 1.72. The van der Waals surface area contributed by atoms with Crippen molar-refractivity contribution in [2.75, 3.05) is 17.6 Å². The lowest BCUT2D eigenvalue weighted by molar-refractivity contribution is 0.440. The number of anilines is 2. The van der Waals surface area contributed by atoms with Crippen molar-refractivity contribution in [2.45, 2.75) is 20.8 Å². The number of pyridine rings is 1. The summed E-state index contributed by atoms with van der Waals surface area (Å²) in [5, 5.41) is 4.54. The number of benzene rings is 1. The lowest BCUT2D eigenvalue weighted by Gasteiger charge is -2.19. The number of nitrogen functional groups attached to an aromatic ring is 1. The predicted molar refractivity (Wildman–Crippen MR) is 86.3 cm³/mol. The van der Waals surface area contributed by atoms with Crippen LogP contribution in [0.4, 0.5) is 11.4 Å². The van der Waals surface area contributed by atoms with E-state index in [4.69, 9.17) is 5.73 Å². The van der Waals surface area contributed by atoms with Crippen LogP contribution in [0.25, 0.3) is 10.9 Å². The molecule has 3 N–H and O–H groups in total. The van der Waals surface area contributed by atoms with Gasteiger partial charge in [0.15, 0.2) is 0 Å². The second-order valence-corrected chi connectivity index (χ2v) is 6.27. The lowest BCUT2D eigenvalue weighted by atomic mass is 9.98. The minimum Gasteiger partial charge on any atom is -0.396 e. The summed E-state index contributed by atoms with van der Waals surface area (Å²) in [4.78, 5) is 4.36. The Labute approximate surface area is 122 Å². The lowest BCUT2D eigenvalue weighted by Crippen LogP contribution is -2.17. The van der Waals surface area contributed by atoms with Crippen LogP contribution in [0.1, 0.15) is 20.8 Å². The molecule has 4 heteroatoms. The maximum atomic E-state index is 6.06. The molecular weight excluding hydrogens is 302 g/mol. The first-order chi connectivity index (χ1) is 8.99. The SMILES string of the molecule is CC(C)C(C)CNc1c(N)cnc2ccc(Br)cc12. The molecule has 0 aliphatic carbocycles. The Hall–Kier alpha value is -1.29. The molecule has 0 saturated heterocycles. The Morgan fingerprint density at radius 1 is 1.32 bits per heavy atom. The molecule has 0 fully saturated rings. The highest BCUT2D eigenvalue weighted by Gasteiger charge is 2.10. The quantitative estimate of drug-likeness (QED) is 0.883. The fraction of sp³-hybridized carbons (Fsp3) is 0.400. The highest BCUT2D eigenvalue weighted by atomic mass is 79.9. The number of halogens is 1. The minimum atomic E-state index is 0.592. The normalized spacial score (nSPS) is 12.9. The number of nitrogens with zero attached hydrogens (tertiary/aromatic N) is 1. The smallest absolute Gasteiger partial charge is 0.0743 e. The topological polar surface area (TPSA) is 50.9 Å². The van der Waals surface area contributed by atoms with Crippen LogP contribution in [0.3, 0.4) is 0 Å². The molecule has 2 rings (SSSR count). The van der Waals surface area contributed by atoms with E-state index in [1.807, 2.05) is 12.1 Å². The Morgan fingerprint density at radius 2 is 2.05 bits per heavy atom. The molecule has 1 unspecified atom stereocenters. The molecule has 1 aromatic heterocycles. The molecule has 0 bridgehead atoms. The molecule has 102 valence electrons. The van der Waals surface area contributed by atoms with Crippen LogP contribution in [0.2, 0.25) is 0 Å². The van der Waals surface area contributed by atoms with Crippen molar-refractivity contribution in [3.05, 3.63) is 28.9 Å². The summed E-state index contributed by atoms with van der Waals surface area (Å²) in [7, 11) is 0. The van der Waals surface area contributed by atoms with E-state index in [2.05, 4.69) is 53.1 Å². The van der Waals surface area contributed by atoms with Gasteiger partial charge in [-0.05, 0) is 30.0 Å². The third-order valence-electron chi connectivity index (χ3n) is 3.60. The van der Waals surface area contributed by atoms with Crippen molar-refractivity contribution in [2.24, 2.45) is 11.8 Å². The minimum absolute atomic E-state index is 0.592. The number of hydrogen-bond acceptors (Lipinski definition) is 3. The van der Waals surface area contributed by atoms with Crippen LogP contribution >= 0.6 is 15.9 Å². The average Bonchev–Trinajstić information content (AvgIpc) is 2.37. The van der Waals surface area contributed by atoms with Crippen molar-refractivity contribution in [1.82, 2.24) is 4.98 Å². The highest BCUT2D eigenvalue weighted by Crippen LogP contribution is 2.30. The van der Waals surface area contributed by atoms with E-state index in [1.165, 1.54) is 0 Å². The Kier molecular flexibility index (Phi) is 4.30. The molecule has 1 atom stereocenters. The number of rotatable bonds is 4. The van der Waals surface area contributed by atoms with E-state index in [0.717, 1.165) is 27.6 Å². The van der Waals surface area contributed by atoms with E-state index in [1.54, 1.807) is 6.20 Å². The first-order valence-electron chi connectivity index (χ1n) is 6.56. The summed E-state index contributed by atoms with van der Waals surface area (Å²) >= 11 is 3.50. The standard InChI is InChI=1S/C15H20BrN3/c1-9(2)10(3)7-19-15-12-6-11(16)4-5-14(12)18-8-13(15)17/h4-6,8-10H,7,17H2,1-3H3,(H,18,19). The van der Waals surface area contributed by atoms with E-state index in [0.29, 0.717) is 17.5 Å². The van der Waals surface area contributed by atoms with E-state index in [9.17, 15) is 0 Å². The number of fused-ring (bicyclic) bond motifs is 1. The van der Waals surface area contributed by atoms with Gasteiger partial charge in [0, 0.05) is 16.4 Å². The van der Waals surface area contributed by atoms with Gasteiger partial charge in [-0.25, -0.2) is 0 Å². The molecule has 0 amide bonds. The van der Waals surface area contributed by atoms with Gasteiger partial charge in [0.05, 0.1) is 23.1 Å². The van der Waals surface area contributed by atoms with E-state index >= 15 is 0 Å². The van der Waals surface area contributed by atoms with Crippen molar-refractivity contribution in [3.8, 4) is 0 Å². The molecular formula is C15H20BrN3. The molecule has 0 saturated carbocycles. The zero-order chi connectivity index (χ0) is 14.0. The number of hydrogen-bond donors (Lipinski definition) is 2. The second-order valence-electron chi connectivity index (χ2n) is 5.35. The molecule has 1 aromatic carbocycles. The third-order valence-corrected chi connectivity index (χ3v) is 4.09. The zero-order valence-electron chi connectivity index (χ0n) is 11.6. The summed E-state index contributed by atoms with van der Waals surface area (Å²) in [5.41, 5.74) is 8.70. The van der Waals surface area contributed by atoms with Gasteiger partial charge in [-0.2, -0.15) is 0 Å².